The molecule has 0 aliphatic carbocycles. The summed E-state index contributed by atoms with van der Waals surface area (Å²) in [6.45, 7) is 2.71. The van der Waals surface area contributed by atoms with E-state index < -0.39 is 0 Å². The summed E-state index contributed by atoms with van der Waals surface area (Å²) >= 11 is 0. The molecule has 0 spiro atoms. The number of hydrogen-bond acceptors (Lipinski definition) is 6. The molecule has 0 unspecified atom stereocenters. The Balaban J connectivity index is 2.07. The van der Waals surface area contributed by atoms with Gasteiger partial charge >= 0.3 is 0 Å². The van der Waals surface area contributed by atoms with Crippen LogP contribution in [0.5, 0.6) is 28.7 Å². The minimum Gasteiger partial charge on any atom is -0.504 e. The van der Waals surface area contributed by atoms with E-state index in [1.807, 2.05) is 25.1 Å². The molecule has 6 heteroatoms. The van der Waals surface area contributed by atoms with Crippen molar-refractivity contribution in [2.24, 2.45) is 4.99 Å². The number of phenols is 1. The standard InChI is InChI=1S/C21H25NO5/c1-12(14-6-7-16(24-2)21(27-5)20(14)23)19-15-11-18(26-4)17(25-3)10-13(15)8-9-22-19/h6-7,10-12,23H,8-9H2,1-5H3/t12-/m1/s1. The number of rotatable bonds is 6. The lowest BCUT2D eigenvalue weighted by atomic mass is 9.86. The molecule has 2 aromatic rings. The predicted octanol–water partition coefficient (Wildman–Crippen LogP) is 3.58. The highest BCUT2D eigenvalue weighted by molar-refractivity contribution is 6.07. The fraction of sp³-hybridized carbons (Fsp3) is 0.381. The largest absolute Gasteiger partial charge is 0.504 e. The summed E-state index contributed by atoms with van der Waals surface area (Å²) < 4.78 is 21.5. The number of hydrogen-bond donors (Lipinski definition) is 1. The monoisotopic (exact) mass is 371 g/mol. The molecule has 6 nitrogen and oxygen atoms in total. The van der Waals surface area contributed by atoms with Gasteiger partial charge in [-0.3, -0.25) is 4.99 Å². The smallest absolute Gasteiger partial charge is 0.203 e. The first-order valence-electron chi connectivity index (χ1n) is 8.79. The minimum absolute atomic E-state index is 0.0691. The fourth-order valence-corrected chi connectivity index (χ4v) is 3.54. The van der Waals surface area contributed by atoms with Crippen LogP contribution in [0.4, 0.5) is 0 Å². The van der Waals surface area contributed by atoms with Crippen LogP contribution in [0.15, 0.2) is 29.3 Å². The second-order valence-electron chi connectivity index (χ2n) is 6.34. The first-order valence-corrected chi connectivity index (χ1v) is 8.79. The van der Waals surface area contributed by atoms with Crippen LogP contribution in [-0.4, -0.2) is 45.8 Å². The lowest BCUT2D eigenvalue weighted by Gasteiger charge is -2.25. The average molecular weight is 371 g/mol. The highest BCUT2D eigenvalue weighted by Gasteiger charge is 2.26. The number of aliphatic imine (C=N–C) groups is 1. The van der Waals surface area contributed by atoms with E-state index in [9.17, 15) is 5.11 Å². The highest BCUT2D eigenvalue weighted by Crippen LogP contribution is 2.43. The lowest BCUT2D eigenvalue weighted by molar-refractivity contribution is 0.331. The van der Waals surface area contributed by atoms with Crippen LogP contribution in [0.3, 0.4) is 0 Å². The Morgan fingerprint density at radius 1 is 0.926 bits per heavy atom. The first-order chi connectivity index (χ1) is 13.0. The van der Waals surface area contributed by atoms with Crippen LogP contribution in [0.25, 0.3) is 0 Å². The van der Waals surface area contributed by atoms with Gasteiger partial charge in [0.05, 0.1) is 28.4 Å². The zero-order valence-corrected chi connectivity index (χ0v) is 16.3. The first kappa shape index (κ1) is 18.9. The SMILES string of the molecule is COc1cc2c(cc1OC)C([C@H](C)c1ccc(OC)c(OC)c1O)=NCC2. The molecule has 1 aliphatic heterocycles. The Bertz CT molecular complexity index is 875. The van der Waals surface area contributed by atoms with Crippen molar-refractivity contribution in [2.45, 2.75) is 19.3 Å². The van der Waals surface area contributed by atoms with Crippen LogP contribution in [0, 0.1) is 0 Å². The van der Waals surface area contributed by atoms with Gasteiger partial charge in [0.15, 0.2) is 23.0 Å². The van der Waals surface area contributed by atoms with Gasteiger partial charge in [0.2, 0.25) is 5.75 Å². The zero-order valence-electron chi connectivity index (χ0n) is 16.3. The van der Waals surface area contributed by atoms with Crippen molar-refractivity contribution in [1.29, 1.82) is 0 Å². The van der Waals surface area contributed by atoms with Crippen molar-refractivity contribution < 1.29 is 24.1 Å². The van der Waals surface area contributed by atoms with Crippen molar-refractivity contribution in [3.63, 3.8) is 0 Å². The van der Waals surface area contributed by atoms with Gasteiger partial charge in [-0.05, 0) is 30.2 Å². The van der Waals surface area contributed by atoms with Gasteiger partial charge in [-0.15, -0.1) is 0 Å². The predicted molar refractivity (Wildman–Crippen MR) is 104 cm³/mol. The molecule has 1 N–H and O–H groups in total. The number of nitrogens with zero attached hydrogens (tertiary/aromatic N) is 1. The van der Waals surface area contributed by atoms with Crippen molar-refractivity contribution in [3.05, 3.63) is 41.0 Å². The second-order valence-corrected chi connectivity index (χ2v) is 6.34. The zero-order chi connectivity index (χ0) is 19.6. The molecular weight excluding hydrogens is 346 g/mol. The van der Waals surface area contributed by atoms with Gasteiger partial charge in [-0.2, -0.15) is 0 Å². The summed E-state index contributed by atoms with van der Waals surface area (Å²) in [5.41, 5.74) is 3.80. The quantitative estimate of drug-likeness (QED) is 0.841. The minimum atomic E-state index is -0.137. The molecule has 0 fully saturated rings. The van der Waals surface area contributed by atoms with E-state index >= 15 is 0 Å². The topological polar surface area (TPSA) is 69.5 Å². The lowest BCUT2D eigenvalue weighted by Crippen LogP contribution is -2.19. The van der Waals surface area contributed by atoms with E-state index in [4.69, 9.17) is 23.9 Å². The average Bonchev–Trinajstić information content (AvgIpc) is 2.71. The normalized spacial score (nSPS) is 14.0. The summed E-state index contributed by atoms with van der Waals surface area (Å²) in [5, 5.41) is 10.7. The van der Waals surface area contributed by atoms with Gasteiger partial charge in [0, 0.05) is 29.3 Å². The molecule has 27 heavy (non-hydrogen) atoms. The Kier molecular flexibility index (Phi) is 5.44. The third-order valence-electron chi connectivity index (χ3n) is 4.98. The maximum atomic E-state index is 10.7. The van der Waals surface area contributed by atoms with E-state index in [-0.39, 0.29) is 11.7 Å². The second kappa shape index (κ2) is 7.78. The molecule has 0 amide bonds. The Hall–Kier alpha value is -2.89. The summed E-state index contributed by atoms with van der Waals surface area (Å²) in [6, 6.07) is 7.60. The van der Waals surface area contributed by atoms with E-state index in [0.717, 1.165) is 28.8 Å². The molecule has 144 valence electrons. The maximum Gasteiger partial charge on any atom is 0.203 e. The Morgan fingerprint density at radius 3 is 2.22 bits per heavy atom. The van der Waals surface area contributed by atoms with Crippen molar-refractivity contribution in [2.75, 3.05) is 35.0 Å². The van der Waals surface area contributed by atoms with Gasteiger partial charge in [-0.1, -0.05) is 13.0 Å². The highest BCUT2D eigenvalue weighted by atomic mass is 16.5. The third kappa shape index (κ3) is 3.27. The summed E-state index contributed by atoms with van der Waals surface area (Å²) in [6.07, 6.45) is 0.837. The van der Waals surface area contributed by atoms with Crippen molar-refractivity contribution in [1.82, 2.24) is 0 Å². The van der Waals surface area contributed by atoms with Crippen LogP contribution in [-0.2, 0) is 6.42 Å². The summed E-state index contributed by atoms with van der Waals surface area (Å²) in [4.78, 5) is 4.75. The molecule has 1 heterocycles. The van der Waals surface area contributed by atoms with Crippen LogP contribution in [0.1, 0.15) is 29.5 Å². The Labute approximate surface area is 159 Å². The van der Waals surface area contributed by atoms with Crippen molar-refractivity contribution in [3.8, 4) is 28.7 Å². The maximum absolute atomic E-state index is 10.7. The van der Waals surface area contributed by atoms with Gasteiger partial charge in [0.1, 0.15) is 0 Å². The number of benzene rings is 2. The van der Waals surface area contributed by atoms with Crippen LogP contribution < -0.4 is 18.9 Å². The number of methoxy groups -OCH3 is 4. The molecule has 0 radical (unpaired) electrons. The third-order valence-corrected chi connectivity index (χ3v) is 4.98. The summed E-state index contributed by atoms with van der Waals surface area (Å²) in [7, 11) is 6.30. The molecule has 0 aromatic heterocycles. The number of ether oxygens (including phenoxy) is 4. The van der Waals surface area contributed by atoms with E-state index in [1.165, 1.54) is 7.11 Å². The summed E-state index contributed by atoms with van der Waals surface area (Å²) in [5.74, 6) is 2.12. The molecule has 2 aromatic carbocycles. The Morgan fingerprint density at radius 2 is 1.59 bits per heavy atom. The molecule has 1 aliphatic rings. The van der Waals surface area contributed by atoms with Gasteiger partial charge in [-0.25, -0.2) is 0 Å². The van der Waals surface area contributed by atoms with Crippen molar-refractivity contribution >= 4 is 5.71 Å². The van der Waals surface area contributed by atoms with E-state index in [2.05, 4.69) is 0 Å². The number of aromatic hydroxyl groups is 1. The molecule has 3 rings (SSSR count). The van der Waals surface area contributed by atoms with Gasteiger partial charge in [0.25, 0.3) is 0 Å². The van der Waals surface area contributed by atoms with E-state index in [0.29, 0.717) is 29.5 Å². The molecular formula is C21H25NO5. The molecule has 0 saturated carbocycles. The molecule has 0 bridgehead atoms. The van der Waals surface area contributed by atoms with E-state index in [1.54, 1.807) is 27.4 Å². The van der Waals surface area contributed by atoms with Crippen LogP contribution >= 0.6 is 0 Å². The fourth-order valence-electron chi connectivity index (χ4n) is 3.54. The number of fused-ring (bicyclic) bond motifs is 1. The molecule has 0 saturated heterocycles. The van der Waals surface area contributed by atoms with Crippen LogP contribution in [0.2, 0.25) is 0 Å². The molecule has 1 atom stereocenters. The number of phenolic OH excluding ortho intramolecular Hbond substituents is 1. The van der Waals surface area contributed by atoms with Gasteiger partial charge < -0.3 is 24.1 Å².